The van der Waals surface area contributed by atoms with Gasteiger partial charge in [0, 0.05) is 5.88 Å². The van der Waals surface area contributed by atoms with Gasteiger partial charge < -0.3 is 0 Å². The predicted molar refractivity (Wildman–Crippen MR) is 80.9 cm³/mol. The van der Waals surface area contributed by atoms with E-state index in [1.54, 1.807) is 0 Å². The molecule has 0 saturated carbocycles. The molecule has 0 aromatic heterocycles. The zero-order valence-electron chi connectivity index (χ0n) is 11.7. The van der Waals surface area contributed by atoms with Crippen molar-refractivity contribution in [2.24, 2.45) is 0 Å². The van der Waals surface area contributed by atoms with Crippen molar-refractivity contribution in [1.82, 2.24) is 0 Å². The lowest BCUT2D eigenvalue weighted by atomic mass is 10.1. The van der Waals surface area contributed by atoms with Gasteiger partial charge in [-0.25, -0.2) is 0 Å². The van der Waals surface area contributed by atoms with Crippen molar-refractivity contribution in [3.63, 3.8) is 0 Å². The Kier molecular flexibility index (Phi) is 16.1. The first kappa shape index (κ1) is 17.0. The predicted octanol–water partition coefficient (Wildman–Crippen LogP) is 6.48. The van der Waals surface area contributed by atoms with Crippen LogP contribution in [0.15, 0.2) is 12.2 Å². The molecular weight excluding hydrogens is 228 g/mol. The van der Waals surface area contributed by atoms with Crippen LogP contribution >= 0.6 is 11.6 Å². The van der Waals surface area contributed by atoms with E-state index < -0.39 is 0 Å². The zero-order chi connectivity index (χ0) is 12.6. The number of allylic oxidation sites excluding steroid dienone is 2. The minimum absolute atomic E-state index is 0.840. The van der Waals surface area contributed by atoms with Crippen molar-refractivity contribution in [3.05, 3.63) is 12.2 Å². The summed E-state index contributed by atoms with van der Waals surface area (Å²) in [6.45, 7) is 2.10. The molecule has 0 unspecified atom stereocenters. The Hall–Kier alpha value is 0.0300. The fourth-order valence-electron chi connectivity index (χ4n) is 2.11. The summed E-state index contributed by atoms with van der Waals surface area (Å²) >= 11 is 5.64. The lowest BCUT2D eigenvalue weighted by Gasteiger charge is -2.01. The molecule has 0 aromatic rings. The largest absolute Gasteiger partial charge is 0.127 e. The summed E-state index contributed by atoms with van der Waals surface area (Å²) in [7, 11) is 0. The van der Waals surface area contributed by atoms with Crippen molar-refractivity contribution < 1.29 is 0 Å². The summed E-state index contributed by atoms with van der Waals surface area (Å²) in [5.41, 5.74) is 0. The molecule has 17 heavy (non-hydrogen) atoms. The van der Waals surface area contributed by atoms with Gasteiger partial charge in [0.2, 0.25) is 0 Å². The van der Waals surface area contributed by atoms with Crippen LogP contribution < -0.4 is 0 Å². The van der Waals surface area contributed by atoms with Gasteiger partial charge in [-0.2, -0.15) is 0 Å². The van der Waals surface area contributed by atoms with Crippen molar-refractivity contribution >= 4 is 11.6 Å². The van der Waals surface area contributed by atoms with E-state index >= 15 is 0 Å². The fraction of sp³-hybridized carbons (Fsp3) is 0.875. The van der Waals surface area contributed by atoms with Gasteiger partial charge in [-0.1, -0.05) is 69.9 Å². The molecule has 0 radical (unpaired) electrons. The molecule has 0 nitrogen and oxygen atoms in total. The van der Waals surface area contributed by atoms with Gasteiger partial charge in [0.15, 0.2) is 0 Å². The van der Waals surface area contributed by atoms with Crippen LogP contribution in [0, 0.1) is 0 Å². The van der Waals surface area contributed by atoms with Crippen LogP contribution in [0.5, 0.6) is 0 Å². The van der Waals surface area contributed by atoms with E-state index in [4.69, 9.17) is 11.6 Å². The summed E-state index contributed by atoms with van der Waals surface area (Å²) in [5.74, 6) is 0.840. The molecule has 0 fully saturated rings. The van der Waals surface area contributed by atoms with Crippen LogP contribution in [-0.2, 0) is 0 Å². The van der Waals surface area contributed by atoms with Gasteiger partial charge in [0.05, 0.1) is 0 Å². The average Bonchev–Trinajstić information content (AvgIpc) is 2.35. The first-order valence-electron chi connectivity index (χ1n) is 7.59. The van der Waals surface area contributed by atoms with Crippen LogP contribution in [-0.4, -0.2) is 5.88 Å². The molecule has 0 aliphatic heterocycles. The van der Waals surface area contributed by atoms with Crippen molar-refractivity contribution in [3.8, 4) is 0 Å². The summed E-state index contributed by atoms with van der Waals surface area (Å²) < 4.78 is 0. The van der Waals surface area contributed by atoms with E-state index in [2.05, 4.69) is 19.1 Å². The minimum atomic E-state index is 0.840. The standard InChI is InChI=1S/C16H31Cl/c1-2-3-4-5-6-7-8-9-10-11-12-13-14-15-16-17/h2-3H,4-16H2,1H3. The van der Waals surface area contributed by atoms with Crippen LogP contribution in [0.25, 0.3) is 0 Å². The third-order valence-corrected chi connectivity index (χ3v) is 3.51. The van der Waals surface area contributed by atoms with Crippen molar-refractivity contribution in [2.75, 3.05) is 5.88 Å². The van der Waals surface area contributed by atoms with E-state index in [1.165, 1.54) is 77.0 Å². The summed E-state index contributed by atoms with van der Waals surface area (Å²) in [4.78, 5) is 0. The quantitative estimate of drug-likeness (QED) is 0.201. The molecule has 0 rings (SSSR count). The van der Waals surface area contributed by atoms with Gasteiger partial charge in [-0.05, 0) is 26.2 Å². The maximum absolute atomic E-state index is 5.64. The third-order valence-electron chi connectivity index (χ3n) is 3.24. The number of alkyl halides is 1. The molecule has 0 aliphatic carbocycles. The third kappa shape index (κ3) is 16.0. The molecule has 0 spiro atoms. The van der Waals surface area contributed by atoms with E-state index in [9.17, 15) is 0 Å². The highest BCUT2D eigenvalue weighted by atomic mass is 35.5. The van der Waals surface area contributed by atoms with Gasteiger partial charge in [0.1, 0.15) is 0 Å². The van der Waals surface area contributed by atoms with Crippen LogP contribution in [0.4, 0.5) is 0 Å². The van der Waals surface area contributed by atoms with E-state index in [0.717, 1.165) is 5.88 Å². The van der Waals surface area contributed by atoms with E-state index in [-0.39, 0.29) is 0 Å². The Morgan fingerprint density at radius 2 is 1.06 bits per heavy atom. The Labute approximate surface area is 114 Å². The lowest BCUT2D eigenvalue weighted by Crippen LogP contribution is -1.82. The second kappa shape index (κ2) is 16.0. The molecule has 1 heteroatoms. The number of rotatable bonds is 13. The van der Waals surface area contributed by atoms with Crippen molar-refractivity contribution in [1.29, 1.82) is 0 Å². The first-order valence-corrected chi connectivity index (χ1v) is 8.12. The Morgan fingerprint density at radius 1 is 0.647 bits per heavy atom. The minimum Gasteiger partial charge on any atom is -0.127 e. The van der Waals surface area contributed by atoms with E-state index in [0.29, 0.717) is 0 Å². The first-order chi connectivity index (χ1) is 8.41. The van der Waals surface area contributed by atoms with Crippen LogP contribution in [0.1, 0.15) is 84.0 Å². The maximum Gasteiger partial charge on any atom is 0.0223 e. The normalized spacial score (nSPS) is 11.4. The number of hydrogen-bond acceptors (Lipinski definition) is 0. The molecule has 0 heterocycles. The Morgan fingerprint density at radius 3 is 1.47 bits per heavy atom. The number of unbranched alkanes of at least 4 members (excludes halogenated alkanes) is 11. The monoisotopic (exact) mass is 258 g/mol. The highest BCUT2D eigenvalue weighted by molar-refractivity contribution is 6.17. The highest BCUT2D eigenvalue weighted by Gasteiger charge is 1.92. The summed E-state index contributed by atoms with van der Waals surface area (Å²) in [6.07, 6.45) is 21.0. The van der Waals surface area contributed by atoms with Crippen LogP contribution in [0.3, 0.4) is 0 Å². The summed E-state index contributed by atoms with van der Waals surface area (Å²) in [6, 6.07) is 0. The molecule has 0 aliphatic rings. The topological polar surface area (TPSA) is 0 Å². The second-order valence-corrected chi connectivity index (χ2v) is 5.31. The lowest BCUT2D eigenvalue weighted by molar-refractivity contribution is 0.551. The fourth-order valence-corrected chi connectivity index (χ4v) is 2.30. The van der Waals surface area contributed by atoms with Gasteiger partial charge >= 0.3 is 0 Å². The zero-order valence-corrected chi connectivity index (χ0v) is 12.5. The van der Waals surface area contributed by atoms with E-state index in [1.807, 2.05) is 0 Å². The maximum atomic E-state index is 5.64. The Balaban J connectivity index is 2.89. The summed E-state index contributed by atoms with van der Waals surface area (Å²) in [5, 5.41) is 0. The Bertz CT molecular complexity index is 152. The molecule has 0 bridgehead atoms. The SMILES string of the molecule is CC=CCCCCCCCCCCCCCCl. The molecule has 0 aromatic carbocycles. The van der Waals surface area contributed by atoms with Crippen molar-refractivity contribution in [2.45, 2.75) is 84.0 Å². The smallest absolute Gasteiger partial charge is 0.0223 e. The number of hydrogen-bond donors (Lipinski definition) is 0. The highest BCUT2D eigenvalue weighted by Crippen LogP contribution is 2.12. The molecule has 102 valence electrons. The molecule has 0 N–H and O–H groups in total. The molecule has 0 amide bonds. The molecular formula is C16H31Cl. The molecule has 0 atom stereocenters. The van der Waals surface area contributed by atoms with Gasteiger partial charge in [-0.3, -0.25) is 0 Å². The van der Waals surface area contributed by atoms with Gasteiger partial charge in [-0.15, -0.1) is 11.6 Å². The second-order valence-electron chi connectivity index (χ2n) is 4.94. The number of halogens is 1. The van der Waals surface area contributed by atoms with Gasteiger partial charge in [0.25, 0.3) is 0 Å². The average molecular weight is 259 g/mol. The van der Waals surface area contributed by atoms with Crippen LogP contribution in [0.2, 0.25) is 0 Å². The molecule has 0 saturated heterocycles.